The van der Waals surface area contributed by atoms with Crippen molar-refractivity contribution < 1.29 is 5.73 Å². The molecule has 3 heteroatoms. The first kappa shape index (κ1) is 10.3. The molecular weight excluding hydrogens is 162 g/mol. The summed E-state index contributed by atoms with van der Waals surface area (Å²) in [5.41, 5.74) is 7.90. The summed E-state index contributed by atoms with van der Waals surface area (Å²) in [5, 5.41) is 4.47. The first-order chi connectivity index (χ1) is 6.11. The van der Waals surface area contributed by atoms with E-state index in [-0.39, 0.29) is 0 Å². The van der Waals surface area contributed by atoms with Gasteiger partial charge in [-0.05, 0) is 20.8 Å². The van der Waals surface area contributed by atoms with Crippen molar-refractivity contribution in [2.45, 2.75) is 46.7 Å². The molecule has 1 aromatic rings. The maximum atomic E-state index is 4.47. The number of hydrogen-bond donors (Lipinski definition) is 1. The van der Waals surface area contributed by atoms with Crippen LogP contribution in [0.3, 0.4) is 0 Å². The molecule has 0 radical (unpaired) electrons. The van der Waals surface area contributed by atoms with Crippen molar-refractivity contribution in [3.8, 4) is 0 Å². The summed E-state index contributed by atoms with van der Waals surface area (Å²) in [4.78, 5) is 0. The Hall–Kier alpha value is -0.830. The third kappa shape index (κ3) is 1.75. The van der Waals surface area contributed by atoms with Gasteiger partial charge in [0.1, 0.15) is 6.04 Å². The number of nitrogens with zero attached hydrogens (tertiary/aromatic N) is 2. The molecule has 3 N–H and O–H groups in total. The van der Waals surface area contributed by atoms with Gasteiger partial charge < -0.3 is 5.73 Å². The van der Waals surface area contributed by atoms with E-state index >= 15 is 0 Å². The lowest BCUT2D eigenvalue weighted by atomic mass is 10.0. The predicted molar refractivity (Wildman–Crippen MR) is 53.3 cm³/mol. The third-order valence-corrected chi connectivity index (χ3v) is 2.64. The zero-order valence-electron chi connectivity index (χ0n) is 9.09. The normalized spacial score (nSPS) is 13.3. The van der Waals surface area contributed by atoms with Crippen molar-refractivity contribution in [1.82, 2.24) is 9.78 Å². The highest BCUT2D eigenvalue weighted by Crippen LogP contribution is 2.20. The number of aromatic nitrogens is 2. The monoisotopic (exact) mass is 182 g/mol. The van der Waals surface area contributed by atoms with Gasteiger partial charge in [-0.2, -0.15) is 5.10 Å². The summed E-state index contributed by atoms with van der Waals surface area (Å²) in [6.07, 6.45) is 1.08. The van der Waals surface area contributed by atoms with E-state index in [2.05, 4.69) is 43.2 Å². The number of quaternary nitrogens is 1. The van der Waals surface area contributed by atoms with E-state index in [9.17, 15) is 0 Å². The lowest BCUT2D eigenvalue weighted by Crippen LogP contribution is -2.53. The average molecular weight is 182 g/mol. The minimum absolute atomic E-state index is 0.389. The Morgan fingerprint density at radius 2 is 2.00 bits per heavy atom. The molecule has 1 aromatic heterocycles. The average Bonchev–Trinajstić information content (AvgIpc) is 2.40. The lowest BCUT2D eigenvalue weighted by Gasteiger charge is -2.06. The fourth-order valence-electron chi connectivity index (χ4n) is 1.81. The van der Waals surface area contributed by atoms with Gasteiger partial charge in [-0.1, -0.05) is 6.92 Å². The van der Waals surface area contributed by atoms with Crippen LogP contribution < -0.4 is 5.73 Å². The molecule has 0 aliphatic heterocycles. The molecule has 1 atom stereocenters. The third-order valence-electron chi connectivity index (χ3n) is 2.64. The van der Waals surface area contributed by atoms with Gasteiger partial charge in [0, 0.05) is 18.7 Å². The zero-order valence-corrected chi connectivity index (χ0v) is 9.09. The van der Waals surface area contributed by atoms with E-state index < -0.39 is 0 Å². The summed E-state index contributed by atoms with van der Waals surface area (Å²) >= 11 is 0. The highest BCUT2D eigenvalue weighted by molar-refractivity contribution is 5.26. The Labute approximate surface area is 79.9 Å². The molecule has 0 saturated carbocycles. The first-order valence-corrected chi connectivity index (χ1v) is 4.98. The molecule has 0 unspecified atom stereocenters. The highest BCUT2D eigenvalue weighted by Gasteiger charge is 2.18. The van der Waals surface area contributed by atoms with Crippen LogP contribution in [0.2, 0.25) is 0 Å². The number of aryl methyl sites for hydroxylation is 2. The van der Waals surface area contributed by atoms with Gasteiger partial charge in [-0.3, -0.25) is 4.68 Å². The molecule has 3 nitrogen and oxygen atoms in total. The van der Waals surface area contributed by atoms with E-state index in [0.29, 0.717) is 6.04 Å². The molecule has 0 aromatic carbocycles. The zero-order chi connectivity index (χ0) is 10.0. The largest absolute Gasteiger partial charge is 0.351 e. The van der Waals surface area contributed by atoms with E-state index in [1.54, 1.807) is 0 Å². The van der Waals surface area contributed by atoms with Gasteiger partial charge in [0.25, 0.3) is 0 Å². The molecule has 0 aliphatic rings. The second-order valence-electron chi connectivity index (χ2n) is 3.51. The van der Waals surface area contributed by atoms with E-state index in [1.165, 1.54) is 11.3 Å². The van der Waals surface area contributed by atoms with Crippen LogP contribution in [0.15, 0.2) is 0 Å². The fraction of sp³-hybridized carbons (Fsp3) is 0.700. The van der Waals surface area contributed by atoms with Crippen LogP contribution >= 0.6 is 0 Å². The van der Waals surface area contributed by atoms with Crippen molar-refractivity contribution in [2.24, 2.45) is 0 Å². The van der Waals surface area contributed by atoms with Crippen LogP contribution in [0.1, 0.15) is 43.3 Å². The van der Waals surface area contributed by atoms with Crippen molar-refractivity contribution in [2.75, 3.05) is 0 Å². The Morgan fingerprint density at radius 3 is 2.38 bits per heavy atom. The molecule has 0 fully saturated rings. The first-order valence-electron chi connectivity index (χ1n) is 4.98. The van der Waals surface area contributed by atoms with Crippen LogP contribution in [-0.2, 0) is 6.54 Å². The van der Waals surface area contributed by atoms with E-state index in [1.807, 2.05) is 0 Å². The Morgan fingerprint density at radius 1 is 1.38 bits per heavy atom. The highest BCUT2D eigenvalue weighted by atomic mass is 15.3. The maximum Gasteiger partial charge on any atom is 0.113 e. The van der Waals surface area contributed by atoms with Gasteiger partial charge in [-0.15, -0.1) is 0 Å². The Balaban J connectivity index is 3.12. The summed E-state index contributed by atoms with van der Waals surface area (Å²) in [7, 11) is 0. The van der Waals surface area contributed by atoms with Gasteiger partial charge in [0.15, 0.2) is 0 Å². The van der Waals surface area contributed by atoms with Crippen LogP contribution in [0, 0.1) is 13.8 Å². The Kier molecular flexibility index (Phi) is 3.09. The second kappa shape index (κ2) is 3.92. The molecule has 1 heterocycles. The van der Waals surface area contributed by atoms with Crippen molar-refractivity contribution >= 4 is 0 Å². The molecule has 0 spiro atoms. The molecule has 1 rings (SSSR count). The molecule has 13 heavy (non-hydrogen) atoms. The second-order valence-corrected chi connectivity index (χ2v) is 3.51. The summed E-state index contributed by atoms with van der Waals surface area (Å²) in [5.74, 6) is 0. The molecule has 0 bridgehead atoms. The van der Waals surface area contributed by atoms with E-state index in [0.717, 1.165) is 18.7 Å². The minimum Gasteiger partial charge on any atom is -0.351 e. The Bertz CT molecular complexity index is 289. The van der Waals surface area contributed by atoms with E-state index in [4.69, 9.17) is 0 Å². The van der Waals surface area contributed by atoms with Crippen molar-refractivity contribution in [3.05, 3.63) is 17.0 Å². The SMILES string of the molecule is CC[C@H]([NH3+])c1c(C)nn(CC)c1C. The quantitative estimate of drug-likeness (QED) is 0.750. The van der Waals surface area contributed by atoms with Gasteiger partial charge in [0.05, 0.1) is 11.3 Å². The molecule has 74 valence electrons. The number of hydrogen-bond acceptors (Lipinski definition) is 1. The molecule has 0 amide bonds. The van der Waals surface area contributed by atoms with Crippen LogP contribution in [0.5, 0.6) is 0 Å². The van der Waals surface area contributed by atoms with Crippen LogP contribution in [-0.4, -0.2) is 9.78 Å². The summed E-state index contributed by atoms with van der Waals surface area (Å²) in [6, 6.07) is 0.389. The standard InChI is InChI=1S/C10H19N3/c1-5-9(11)10-7(3)12-13(6-2)8(10)4/h9H,5-6,11H2,1-4H3/p+1/t9-/m0/s1. The maximum absolute atomic E-state index is 4.47. The van der Waals surface area contributed by atoms with Crippen molar-refractivity contribution in [3.63, 3.8) is 0 Å². The van der Waals surface area contributed by atoms with Crippen molar-refractivity contribution in [1.29, 1.82) is 0 Å². The molecule has 0 saturated heterocycles. The van der Waals surface area contributed by atoms with Crippen LogP contribution in [0.25, 0.3) is 0 Å². The number of rotatable bonds is 3. The molecule has 0 aliphatic carbocycles. The minimum atomic E-state index is 0.389. The summed E-state index contributed by atoms with van der Waals surface area (Å²) < 4.78 is 2.05. The van der Waals surface area contributed by atoms with Crippen LogP contribution in [0.4, 0.5) is 0 Å². The van der Waals surface area contributed by atoms with Gasteiger partial charge in [-0.25, -0.2) is 0 Å². The van der Waals surface area contributed by atoms with Gasteiger partial charge in [0.2, 0.25) is 0 Å². The summed E-state index contributed by atoms with van der Waals surface area (Å²) in [6.45, 7) is 9.44. The lowest BCUT2D eigenvalue weighted by molar-refractivity contribution is -0.427. The topological polar surface area (TPSA) is 45.5 Å². The smallest absolute Gasteiger partial charge is 0.113 e. The molecular formula is C10H20N3+. The van der Waals surface area contributed by atoms with Gasteiger partial charge >= 0.3 is 0 Å². The fourth-order valence-corrected chi connectivity index (χ4v) is 1.81. The predicted octanol–water partition coefficient (Wildman–Crippen LogP) is 1.21.